The monoisotopic (exact) mass is 252 g/mol. The van der Waals surface area contributed by atoms with Gasteiger partial charge in [0.25, 0.3) is 5.56 Å². The Morgan fingerprint density at radius 1 is 1.33 bits per heavy atom. The predicted molar refractivity (Wildman–Crippen MR) is 65.6 cm³/mol. The fraction of sp³-hybridized carbons (Fsp3) is 0.417. The number of aromatic nitrogens is 1. The summed E-state index contributed by atoms with van der Waals surface area (Å²) in [6.07, 6.45) is 1.33. The molecule has 0 saturated heterocycles. The number of carbonyl (C=O) groups is 2. The molecule has 1 rings (SSSR count). The normalized spacial score (nSPS) is 10.1. The molecule has 0 spiro atoms. The zero-order valence-electron chi connectivity index (χ0n) is 10.4. The zero-order chi connectivity index (χ0) is 13.7. The molecule has 1 heterocycles. The van der Waals surface area contributed by atoms with E-state index in [0.717, 1.165) is 6.07 Å². The summed E-state index contributed by atoms with van der Waals surface area (Å²) in [4.78, 5) is 35.7. The minimum atomic E-state index is -1.16. The summed E-state index contributed by atoms with van der Waals surface area (Å²) in [5.41, 5.74) is -0.568. The Labute approximate surface area is 104 Å². The van der Waals surface area contributed by atoms with Gasteiger partial charge in [0.15, 0.2) is 0 Å². The maximum absolute atomic E-state index is 11.8. The zero-order valence-corrected chi connectivity index (χ0v) is 10.4. The highest BCUT2D eigenvalue weighted by Gasteiger charge is 2.12. The van der Waals surface area contributed by atoms with Crippen molar-refractivity contribution in [3.05, 3.63) is 34.2 Å². The number of carboxylic acid groups (broad SMARTS) is 1. The highest BCUT2D eigenvalue weighted by molar-refractivity contribution is 5.87. The second kappa shape index (κ2) is 6.00. The highest BCUT2D eigenvalue weighted by Crippen LogP contribution is 1.96. The van der Waals surface area contributed by atoms with Crippen molar-refractivity contribution < 1.29 is 14.7 Å². The van der Waals surface area contributed by atoms with E-state index in [1.54, 1.807) is 4.90 Å². The van der Waals surface area contributed by atoms with Gasteiger partial charge in [-0.2, -0.15) is 0 Å². The molecule has 1 amide bonds. The molecular weight excluding hydrogens is 236 g/mol. The van der Waals surface area contributed by atoms with Gasteiger partial charge in [0.2, 0.25) is 5.91 Å². The van der Waals surface area contributed by atoms with Crippen LogP contribution in [0.3, 0.4) is 0 Å². The lowest BCUT2D eigenvalue weighted by atomic mass is 10.2. The summed E-state index contributed by atoms with van der Waals surface area (Å²) in [5, 5.41) is 8.72. The number of likely N-dealkylation sites (N-methyl/N-ethyl adjacent to an activating group) is 1. The molecule has 1 N–H and O–H groups in total. The van der Waals surface area contributed by atoms with Crippen LogP contribution < -0.4 is 5.56 Å². The van der Waals surface area contributed by atoms with Crippen molar-refractivity contribution in [1.29, 1.82) is 0 Å². The molecule has 0 aliphatic rings. The molecule has 0 fully saturated rings. The number of carbonyl (C=O) groups excluding carboxylic acids is 1. The van der Waals surface area contributed by atoms with Crippen LogP contribution in [0, 0.1) is 0 Å². The number of amides is 1. The van der Waals surface area contributed by atoms with Crippen molar-refractivity contribution in [3.63, 3.8) is 0 Å². The first-order chi connectivity index (χ1) is 8.49. The fourth-order valence-corrected chi connectivity index (χ4v) is 1.59. The SMILES string of the molecule is CCN(CC)C(=O)Cn1ccc(C(=O)O)cc1=O. The molecule has 0 aliphatic heterocycles. The molecular formula is C12H16N2O4. The van der Waals surface area contributed by atoms with Gasteiger partial charge >= 0.3 is 5.97 Å². The van der Waals surface area contributed by atoms with E-state index in [1.807, 2.05) is 13.8 Å². The van der Waals surface area contributed by atoms with Gasteiger partial charge in [-0.3, -0.25) is 9.59 Å². The summed E-state index contributed by atoms with van der Waals surface area (Å²) < 4.78 is 1.20. The first-order valence-corrected chi connectivity index (χ1v) is 5.71. The van der Waals surface area contributed by atoms with Crippen molar-refractivity contribution in [2.24, 2.45) is 0 Å². The summed E-state index contributed by atoms with van der Waals surface area (Å²) in [6.45, 7) is 4.81. The van der Waals surface area contributed by atoms with E-state index in [9.17, 15) is 14.4 Å². The van der Waals surface area contributed by atoms with E-state index in [1.165, 1.54) is 16.8 Å². The highest BCUT2D eigenvalue weighted by atomic mass is 16.4. The average molecular weight is 252 g/mol. The van der Waals surface area contributed by atoms with Crippen molar-refractivity contribution in [3.8, 4) is 0 Å². The minimum Gasteiger partial charge on any atom is -0.478 e. The first kappa shape index (κ1) is 14.0. The first-order valence-electron chi connectivity index (χ1n) is 5.71. The molecule has 6 nitrogen and oxygen atoms in total. The Kier molecular flexibility index (Phi) is 4.65. The summed E-state index contributed by atoms with van der Waals surface area (Å²) in [7, 11) is 0. The van der Waals surface area contributed by atoms with Crippen molar-refractivity contribution in [1.82, 2.24) is 9.47 Å². The lowest BCUT2D eigenvalue weighted by Gasteiger charge is -2.19. The third kappa shape index (κ3) is 3.19. The predicted octanol–water partition coefficient (Wildman–Crippen LogP) is 0.415. The van der Waals surface area contributed by atoms with Crippen LogP contribution in [0.1, 0.15) is 24.2 Å². The van der Waals surface area contributed by atoms with Crippen molar-refractivity contribution in [2.45, 2.75) is 20.4 Å². The van der Waals surface area contributed by atoms with Gasteiger partial charge in [-0.25, -0.2) is 4.79 Å². The molecule has 0 radical (unpaired) electrons. The van der Waals surface area contributed by atoms with Crippen LogP contribution in [0.15, 0.2) is 23.1 Å². The summed E-state index contributed by atoms with van der Waals surface area (Å²) in [5.74, 6) is -1.32. The number of nitrogens with zero attached hydrogens (tertiary/aromatic N) is 2. The second-order valence-electron chi connectivity index (χ2n) is 3.75. The third-order valence-electron chi connectivity index (χ3n) is 2.66. The molecule has 0 aliphatic carbocycles. The van der Waals surface area contributed by atoms with Crippen LogP contribution in [0.4, 0.5) is 0 Å². The molecule has 0 saturated carbocycles. The van der Waals surface area contributed by atoms with Crippen molar-refractivity contribution >= 4 is 11.9 Å². The van der Waals surface area contributed by atoms with E-state index < -0.39 is 11.5 Å². The number of hydrogen-bond donors (Lipinski definition) is 1. The molecule has 98 valence electrons. The van der Waals surface area contributed by atoms with E-state index in [0.29, 0.717) is 13.1 Å². The number of carboxylic acids is 1. The second-order valence-corrected chi connectivity index (χ2v) is 3.75. The molecule has 0 bridgehead atoms. The maximum Gasteiger partial charge on any atom is 0.335 e. The van der Waals surface area contributed by atoms with Gasteiger partial charge < -0.3 is 14.6 Å². The van der Waals surface area contributed by atoms with Gasteiger partial charge in [-0.15, -0.1) is 0 Å². The van der Waals surface area contributed by atoms with E-state index >= 15 is 0 Å². The fourth-order valence-electron chi connectivity index (χ4n) is 1.59. The Morgan fingerprint density at radius 3 is 2.39 bits per heavy atom. The van der Waals surface area contributed by atoms with Gasteiger partial charge in [0.1, 0.15) is 6.54 Å². The third-order valence-corrected chi connectivity index (χ3v) is 2.66. The molecule has 6 heteroatoms. The van der Waals surface area contributed by atoms with E-state index in [-0.39, 0.29) is 18.0 Å². The molecule has 0 aromatic carbocycles. The summed E-state index contributed by atoms with van der Waals surface area (Å²) >= 11 is 0. The maximum atomic E-state index is 11.8. The van der Waals surface area contributed by atoms with Crippen LogP contribution in [0.2, 0.25) is 0 Å². The van der Waals surface area contributed by atoms with E-state index in [4.69, 9.17) is 5.11 Å². The topological polar surface area (TPSA) is 79.6 Å². The quantitative estimate of drug-likeness (QED) is 0.823. The van der Waals surface area contributed by atoms with Crippen LogP contribution >= 0.6 is 0 Å². The summed E-state index contributed by atoms with van der Waals surface area (Å²) in [6, 6.07) is 2.32. The Bertz CT molecular complexity index is 503. The van der Waals surface area contributed by atoms with Gasteiger partial charge in [0.05, 0.1) is 5.56 Å². The number of aromatic carboxylic acids is 1. The molecule has 1 aromatic rings. The average Bonchev–Trinajstić information content (AvgIpc) is 2.33. The van der Waals surface area contributed by atoms with Gasteiger partial charge in [-0.05, 0) is 19.9 Å². The van der Waals surface area contributed by atoms with Crippen molar-refractivity contribution in [2.75, 3.05) is 13.1 Å². The number of rotatable bonds is 5. The standard InChI is InChI=1S/C12H16N2O4/c1-3-13(4-2)11(16)8-14-6-5-9(12(17)18)7-10(14)15/h5-7H,3-4,8H2,1-2H3,(H,17,18). The Morgan fingerprint density at radius 2 is 1.94 bits per heavy atom. The molecule has 0 unspecified atom stereocenters. The smallest absolute Gasteiger partial charge is 0.335 e. The largest absolute Gasteiger partial charge is 0.478 e. The Hall–Kier alpha value is -2.11. The number of pyridine rings is 1. The lowest BCUT2D eigenvalue weighted by Crippen LogP contribution is -2.36. The van der Waals surface area contributed by atoms with E-state index in [2.05, 4.69) is 0 Å². The molecule has 18 heavy (non-hydrogen) atoms. The lowest BCUT2D eigenvalue weighted by molar-refractivity contribution is -0.131. The van der Waals surface area contributed by atoms with Gasteiger partial charge in [-0.1, -0.05) is 0 Å². The molecule has 1 aromatic heterocycles. The Balaban J connectivity index is 2.89. The van der Waals surface area contributed by atoms with Crippen LogP contribution in [-0.2, 0) is 11.3 Å². The van der Waals surface area contributed by atoms with Crippen LogP contribution in [0.25, 0.3) is 0 Å². The molecule has 0 atom stereocenters. The number of hydrogen-bond acceptors (Lipinski definition) is 3. The minimum absolute atomic E-state index is 0.0690. The van der Waals surface area contributed by atoms with Crippen LogP contribution in [0.5, 0.6) is 0 Å². The van der Waals surface area contributed by atoms with Crippen LogP contribution in [-0.4, -0.2) is 39.5 Å². The van der Waals surface area contributed by atoms with Gasteiger partial charge in [0, 0.05) is 25.4 Å².